The molecule has 1 heterocycles. The fraction of sp³-hybridized carbons (Fsp3) is 0.259. The Morgan fingerprint density at radius 3 is 2.12 bits per heavy atom. The zero-order valence-electron chi connectivity index (χ0n) is 17.7. The molecule has 32 heavy (non-hydrogen) atoms. The van der Waals surface area contributed by atoms with Crippen molar-refractivity contribution in [3.63, 3.8) is 0 Å². The quantitative estimate of drug-likeness (QED) is 0.566. The predicted molar refractivity (Wildman–Crippen MR) is 122 cm³/mol. The molecule has 1 aliphatic heterocycles. The number of fused-ring (bicyclic) bond motifs is 3. The van der Waals surface area contributed by atoms with Crippen LogP contribution in [-0.2, 0) is 4.74 Å². The maximum absolute atomic E-state index is 13.1. The Morgan fingerprint density at radius 2 is 1.50 bits per heavy atom. The van der Waals surface area contributed by atoms with Crippen molar-refractivity contribution in [2.24, 2.45) is 0 Å². The highest BCUT2D eigenvalue weighted by Crippen LogP contribution is 2.44. The summed E-state index contributed by atoms with van der Waals surface area (Å²) in [5.41, 5.74) is 6.00. The van der Waals surface area contributed by atoms with E-state index in [1.54, 1.807) is 17.0 Å². The standard InChI is InChI=1S/C27H25NO4/c29-26(30)19-14-12-18(13-15-19)25-11-5-6-16-28(25)27(31)32-17-24-22-9-3-1-7-20(22)21-8-2-4-10-23(21)24/h1-4,7-10,12-15,24-25H,5-6,11,16-17H2,(H,29,30)/t25-/m0/s1. The lowest BCUT2D eigenvalue weighted by Gasteiger charge is -2.35. The van der Waals surface area contributed by atoms with Crippen LogP contribution >= 0.6 is 0 Å². The number of ether oxygens (including phenoxy) is 1. The van der Waals surface area contributed by atoms with Gasteiger partial charge in [0.15, 0.2) is 0 Å². The van der Waals surface area contributed by atoms with Gasteiger partial charge in [-0.25, -0.2) is 9.59 Å². The highest BCUT2D eigenvalue weighted by Gasteiger charge is 2.32. The van der Waals surface area contributed by atoms with Gasteiger partial charge >= 0.3 is 12.1 Å². The Kier molecular flexibility index (Phi) is 5.39. The third-order valence-corrected chi connectivity index (χ3v) is 6.62. The first-order valence-corrected chi connectivity index (χ1v) is 11.1. The average molecular weight is 428 g/mol. The van der Waals surface area contributed by atoms with Gasteiger partial charge in [-0.2, -0.15) is 0 Å². The summed E-state index contributed by atoms with van der Waals surface area (Å²) >= 11 is 0. The number of nitrogens with zero attached hydrogens (tertiary/aromatic N) is 1. The third kappa shape index (κ3) is 3.64. The number of piperidine rings is 1. The smallest absolute Gasteiger partial charge is 0.410 e. The zero-order chi connectivity index (χ0) is 22.1. The van der Waals surface area contributed by atoms with Crippen LogP contribution in [0.25, 0.3) is 11.1 Å². The molecular weight excluding hydrogens is 402 g/mol. The molecule has 1 saturated heterocycles. The van der Waals surface area contributed by atoms with Crippen LogP contribution in [0.15, 0.2) is 72.8 Å². The number of aromatic carboxylic acids is 1. The molecule has 1 atom stereocenters. The van der Waals surface area contributed by atoms with Crippen molar-refractivity contribution in [3.05, 3.63) is 95.1 Å². The monoisotopic (exact) mass is 427 g/mol. The second kappa shape index (κ2) is 8.50. The zero-order valence-corrected chi connectivity index (χ0v) is 17.7. The third-order valence-electron chi connectivity index (χ3n) is 6.62. The fourth-order valence-electron chi connectivity index (χ4n) is 5.02. The molecule has 1 N–H and O–H groups in total. The fourth-order valence-corrected chi connectivity index (χ4v) is 5.02. The van der Waals surface area contributed by atoms with Gasteiger partial charge in [0.25, 0.3) is 0 Å². The number of carboxylic acids is 1. The molecule has 2 aliphatic rings. The molecule has 0 saturated carbocycles. The Balaban J connectivity index is 1.33. The van der Waals surface area contributed by atoms with E-state index in [9.17, 15) is 9.59 Å². The predicted octanol–water partition coefficient (Wildman–Crippen LogP) is 5.86. The van der Waals surface area contributed by atoms with Crippen molar-refractivity contribution >= 4 is 12.1 Å². The van der Waals surface area contributed by atoms with Crippen molar-refractivity contribution < 1.29 is 19.4 Å². The molecule has 3 aromatic carbocycles. The molecule has 1 amide bonds. The summed E-state index contributed by atoms with van der Waals surface area (Å²) in [6, 6.07) is 23.3. The molecule has 5 heteroatoms. The van der Waals surface area contributed by atoms with Crippen LogP contribution in [0, 0.1) is 0 Å². The molecular formula is C27H25NO4. The summed E-state index contributed by atoms with van der Waals surface area (Å²) in [6.07, 6.45) is 2.50. The van der Waals surface area contributed by atoms with Gasteiger partial charge in [0.1, 0.15) is 6.61 Å². The Hall–Kier alpha value is -3.60. The van der Waals surface area contributed by atoms with E-state index in [-0.39, 0.29) is 23.6 Å². The van der Waals surface area contributed by atoms with E-state index in [2.05, 4.69) is 24.3 Å². The number of rotatable bonds is 4. The second-order valence-corrected chi connectivity index (χ2v) is 8.44. The second-order valence-electron chi connectivity index (χ2n) is 8.44. The Morgan fingerprint density at radius 1 is 0.875 bits per heavy atom. The maximum Gasteiger partial charge on any atom is 0.410 e. The normalized spacial score (nSPS) is 17.5. The lowest BCUT2D eigenvalue weighted by Crippen LogP contribution is -2.39. The van der Waals surface area contributed by atoms with Gasteiger partial charge in [0, 0.05) is 12.5 Å². The first kappa shape index (κ1) is 20.3. The van der Waals surface area contributed by atoms with E-state index in [4.69, 9.17) is 9.84 Å². The molecule has 0 aromatic heterocycles. The number of carbonyl (C=O) groups excluding carboxylic acids is 1. The Labute approximate surface area is 187 Å². The van der Waals surface area contributed by atoms with Crippen LogP contribution in [-0.4, -0.2) is 35.2 Å². The van der Waals surface area contributed by atoms with Crippen LogP contribution in [0.3, 0.4) is 0 Å². The molecule has 5 rings (SSSR count). The summed E-state index contributed by atoms with van der Waals surface area (Å²) < 4.78 is 5.89. The largest absolute Gasteiger partial charge is 0.478 e. The molecule has 0 radical (unpaired) electrons. The molecule has 1 aliphatic carbocycles. The minimum absolute atomic E-state index is 0.0319. The first-order chi connectivity index (χ1) is 15.6. The lowest BCUT2D eigenvalue weighted by molar-refractivity contribution is 0.0688. The number of hydrogen-bond donors (Lipinski definition) is 1. The lowest BCUT2D eigenvalue weighted by atomic mass is 9.95. The molecule has 3 aromatic rings. The van der Waals surface area contributed by atoms with Crippen LogP contribution in [0.5, 0.6) is 0 Å². The van der Waals surface area contributed by atoms with Crippen LogP contribution in [0.1, 0.15) is 58.3 Å². The van der Waals surface area contributed by atoms with E-state index >= 15 is 0 Å². The van der Waals surface area contributed by atoms with Gasteiger partial charge in [-0.05, 0) is 59.2 Å². The topological polar surface area (TPSA) is 66.8 Å². The number of carbonyl (C=O) groups is 2. The SMILES string of the molecule is O=C(O)c1ccc([C@@H]2CCCCN2C(=O)OCC2c3ccccc3-c3ccccc32)cc1. The van der Waals surface area contributed by atoms with E-state index in [1.807, 2.05) is 36.4 Å². The van der Waals surface area contributed by atoms with Crippen LogP contribution in [0.4, 0.5) is 4.79 Å². The van der Waals surface area contributed by atoms with Gasteiger partial charge in [0.05, 0.1) is 11.6 Å². The summed E-state index contributed by atoms with van der Waals surface area (Å²) in [5.74, 6) is -0.918. The number of hydrogen-bond acceptors (Lipinski definition) is 3. The highest BCUT2D eigenvalue weighted by molar-refractivity contribution is 5.87. The minimum Gasteiger partial charge on any atom is -0.478 e. The van der Waals surface area contributed by atoms with Gasteiger partial charge < -0.3 is 14.7 Å². The molecule has 0 unspecified atom stereocenters. The van der Waals surface area contributed by atoms with Gasteiger partial charge in [-0.3, -0.25) is 0 Å². The van der Waals surface area contributed by atoms with E-state index in [1.165, 1.54) is 22.3 Å². The maximum atomic E-state index is 13.1. The van der Waals surface area contributed by atoms with E-state index < -0.39 is 5.97 Å². The molecule has 5 nitrogen and oxygen atoms in total. The molecule has 0 spiro atoms. The number of benzene rings is 3. The minimum atomic E-state index is -0.950. The van der Waals surface area contributed by atoms with E-state index in [0.717, 1.165) is 24.8 Å². The number of carboxylic acid groups (broad SMARTS) is 1. The summed E-state index contributed by atoms with van der Waals surface area (Å²) in [5, 5.41) is 9.16. The summed E-state index contributed by atoms with van der Waals surface area (Å²) in [7, 11) is 0. The van der Waals surface area contributed by atoms with Crippen molar-refractivity contribution in [2.45, 2.75) is 31.2 Å². The van der Waals surface area contributed by atoms with Crippen molar-refractivity contribution in [3.8, 4) is 11.1 Å². The average Bonchev–Trinajstić information content (AvgIpc) is 3.16. The summed E-state index contributed by atoms with van der Waals surface area (Å²) in [4.78, 5) is 26.1. The van der Waals surface area contributed by atoms with Crippen molar-refractivity contribution in [1.29, 1.82) is 0 Å². The Bertz CT molecular complexity index is 1110. The molecule has 1 fully saturated rings. The van der Waals surface area contributed by atoms with Crippen molar-refractivity contribution in [2.75, 3.05) is 13.2 Å². The van der Waals surface area contributed by atoms with Crippen molar-refractivity contribution in [1.82, 2.24) is 4.90 Å². The van der Waals surface area contributed by atoms with Crippen LogP contribution in [0.2, 0.25) is 0 Å². The highest BCUT2D eigenvalue weighted by atomic mass is 16.6. The van der Waals surface area contributed by atoms with Gasteiger partial charge in [0.2, 0.25) is 0 Å². The number of likely N-dealkylation sites (tertiary alicyclic amines) is 1. The molecule has 0 bridgehead atoms. The number of amides is 1. The molecule has 162 valence electrons. The summed E-state index contributed by atoms with van der Waals surface area (Å²) in [6.45, 7) is 0.941. The van der Waals surface area contributed by atoms with E-state index in [0.29, 0.717) is 13.2 Å². The van der Waals surface area contributed by atoms with Gasteiger partial charge in [-0.1, -0.05) is 60.7 Å². The first-order valence-electron chi connectivity index (χ1n) is 11.1. The van der Waals surface area contributed by atoms with Crippen LogP contribution < -0.4 is 0 Å². The van der Waals surface area contributed by atoms with Gasteiger partial charge in [-0.15, -0.1) is 0 Å².